The monoisotopic (exact) mass is 437 g/mol. The number of quaternary nitrogens is 1. The van der Waals surface area contributed by atoms with Crippen LogP contribution >= 0.6 is 15.9 Å². The van der Waals surface area contributed by atoms with E-state index in [0.29, 0.717) is 16.7 Å². The molecule has 0 aliphatic carbocycles. The van der Waals surface area contributed by atoms with Gasteiger partial charge in [0.1, 0.15) is 5.56 Å². The molecule has 1 saturated heterocycles. The van der Waals surface area contributed by atoms with Gasteiger partial charge in [0.2, 0.25) is 0 Å². The number of carbonyl (C=O) groups excluding carboxylic acids is 1. The van der Waals surface area contributed by atoms with Crippen molar-refractivity contribution >= 4 is 32.8 Å². The molecule has 0 bridgehead atoms. The maximum absolute atomic E-state index is 12.8. The third kappa shape index (κ3) is 4.35. The van der Waals surface area contributed by atoms with Gasteiger partial charge in [0.05, 0.1) is 18.2 Å². The van der Waals surface area contributed by atoms with Gasteiger partial charge in [0.25, 0.3) is 5.91 Å². The number of amides is 1. The zero-order valence-electron chi connectivity index (χ0n) is 16.3. The van der Waals surface area contributed by atoms with Gasteiger partial charge in [-0.15, -0.1) is 0 Å². The van der Waals surface area contributed by atoms with Crippen molar-refractivity contribution in [2.24, 2.45) is 0 Å². The molecule has 6 nitrogen and oxygen atoms in total. The standard InChI is InChI=1S/C20H25BrN2O4/c1-19(2)9-13(10-20(3,4)23-19)22-17(24)14-7-11-6-12(21)8-15(26-5)16(11)27-18(14)25/h6-8,13,23H,9-10H2,1-5H3,(H,22,24)/p+1. The summed E-state index contributed by atoms with van der Waals surface area (Å²) in [7, 11) is 1.51. The Morgan fingerprint density at radius 3 is 2.44 bits per heavy atom. The lowest BCUT2D eigenvalue weighted by Crippen LogP contribution is -3.06. The van der Waals surface area contributed by atoms with E-state index in [1.54, 1.807) is 18.2 Å². The number of methoxy groups -OCH3 is 1. The minimum absolute atomic E-state index is 0.000331. The summed E-state index contributed by atoms with van der Waals surface area (Å²) in [6.07, 6.45) is 1.67. The highest BCUT2D eigenvalue weighted by Gasteiger charge is 2.42. The number of halogens is 1. The second-order valence-corrected chi connectivity index (χ2v) is 9.59. The maximum Gasteiger partial charge on any atom is 0.349 e. The van der Waals surface area contributed by atoms with E-state index in [4.69, 9.17) is 9.15 Å². The van der Waals surface area contributed by atoms with Gasteiger partial charge < -0.3 is 19.8 Å². The van der Waals surface area contributed by atoms with E-state index in [-0.39, 0.29) is 22.7 Å². The highest BCUT2D eigenvalue weighted by atomic mass is 79.9. The number of rotatable bonds is 3. The Labute approximate surface area is 166 Å². The van der Waals surface area contributed by atoms with Crippen molar-refractivity contribution in [2.75, 3.05) is 7.11 Å². The molecule has 3 N–H and O–H groups in total. The Hall–Kier alpha value is -1.86. The van der Waals surface area contributed by atoms with Gasteiger partial charge in [-0.05, 0) is 45.9 Å². The SMILES string of the molecule is COc1cc(Br)cc2cc(C(=O)NC3CC(C)(C)[NH2+]C(C)(C)C3)c(=O)oc12. The van der Waals surface area contributed by atoms with E-state index in [1.165, 1.54) is 7.11 Å². The van der Waals surface area contributed by atoms with Crippen molar-refractivity contribution in [2.45, 2.75) is 57.7 Å². The zero-order chi connectivity index (χ0) is 20.0. The summed E-state index contributed by atoms with van der Waals surface area (Å²) < 4.78 is 11.4. The predicted octanol–water partition coefficient (Wildman–Crippen LogP) is 2.58. The van der Waals surface area contributed by atoms with Crippen LogP contribution in [0.25, 0.3) is 11.0 Å². The van der Waals surface area contributed by atoms with Crippen molar-refractivity contribution in [1.29, 1.82) is 0 Å². The molecule has 2 aromatic rings. The van der Waals surface area contributed by atoms with Crippen LogP contribution in [0.15, 0.2) is 31.9 Å². The summed E-state index contributed by atoms with van der Waals surface area (Å²) in [6, 6.07) is 5.07. The largest absolute Gasteiger partial charge is 0.493 e. The fourth-order valence-corrected chi connectivity index (χ4v) is 4.81. The van der Waals surface area contributed by atoms with Gasteiger partial charge in [-0.1, -0.05) is 15.9 Å². The van der Waals surface area contributed by atoms with E-state index >= 15 is 0 Å². The lowest BCUT2D eigenvalue weighted by atomic mass is 9.79. The van der Waals surface area contributed by atoms with Crippen molar-refractivity contribution in [1.82, 2.24) is 5.32 Å². The molecule has 1 aromatic heterocycles. The zero-order valence-corrected chi connectivity index (χ0v) is 17.9. The Kier molecular flexibility index (Phi) is 5.12. The number of nitrogens with one attached hydrogen (secondary N) is 1. The molecule has 146 valence electrons. The quantitative estimate of drug-likeness (QED) is 0.722. The second-order valence-electron chi connectivity index (χ2n) is 8.67. The molecular weight excluding hydrogens is 412 g/mol. The summed E-state index contributed by atoms with van der Waals surface area (Å²) in [4.78, 5) is 25.2. The number of piperidine rings is 1. The first-order chi connectivity index (χ1) is 12.5. The van der Waals surface area contributed by atoms with E-state index in [1.807, 2.05) is 0 Å². The average Bonchev–Trinajstić information content (AvgIpc) is 2.50. The fraction of sp³-hybridized carbons (Fsp3) is 0.500. The minimum atomic E-state index is -0.665. The van der Waals surface area contributed by atoms with Crippen LogP contribution in [0, 0.1) is 0 Å². The average molecular weight is 438 g/mol. The summed E-state index contributed by atoms with van der Waals surface area (Å²) in [5.41, 5.74) is -0.288. The molecule has 0 spiro atoms. The highest BCUT2D eigenvalue weighted by Crippen LogP contribution is 2.29. The number of hydrogen-bond acceptors (Lipinski definition) is 4. The summed E-state index contributed by atoms with van der Waals surface area (Å²) in [5.74, 6) is 0.0397. The van der Waals surface area contributed by atoms with E-state index in [2.05, 4.69) is 54.3 Å². The number of fused-ring (bicyclic) bond motifs is 1. The molecule has 0 unspecified atom stereocenters. The molecule has 1 aliphatic heterocycles. The number of nitrogens with two attached hydrogens (primary N) is 1. The van der Waals surface area contributed by atoms with Crippen LogP contribution in [0.2, 0.25) is 0 Å². The van der Waals surface area contributed by atoms with Crippen LogP contribution < -0.4 is 21.0 Å². The number of benzene rings is 1. The molecule has 7 heteroatoms. The predicted molar refractivity (Wildman–Crippen MR) is 107 cm³/mol. The van der Waals surface area contributed by atoms with Crippen LogP contribution in [-0.2, 0) is 0 Å². The van der Waals surface area contributed by atoms with Gasteiger partial charge in [-0.25, -0.2) is 4.79 Å². The molecular formula is C20H26BrN2O4+. The second kappa shape index (κ2) is 6.95. The van der Waals surface area contributed by atoms with E-state index < -0.39 is 11.5 Å². The van der Waals surface area contributed by atoms with E-state index in [0.717, 1.165) is 17.3 Å². The summed E-state index contributed by atoms with van der Waals surface area (Å²) >= 11 is 3.40. The Balaban J connectivity index is 1.92. The van der Waals surface area contributed by atoms with Gasteiger partial charge in [-0.3, -0.25) is 4.79 Å². The molecule has 0 radical (unpaired) electrons. The number of hydrogen-bond donors (Lipinski definition) is 2. The molecule has 27 heavy (non-hydrogen) atoms. The highest BCUT2D eigenvalue weighted by molar-refractivity contribution is 9.10. The molecule has 0 atom stereocenters. The minimum Gasteiger partial charge on any atom is -0.493 e. The van der Waals surface area contributed by atoms with Crippen LogP contribution in [-0.4, -0.2) is 30.1 Å². The normalized spacial score (nSPS) is 19.0. The molecule has 1 aromatic carbocycles. The van der Waals surface area contributed by atoms with Crippen molar-refractivity contribution in [3.05, 3.63) is 38.7 Å². The summed E-state index contributed by atoms with van der Waals surface area (Å²) in [5, 5.41) is 6.01. The van der Waals surface area contributed by atoms with Crippen molar-refractivity contribution in [3.63, 3.8) is 0 Å². The molecule has 1 aliphatic rings. The topological polar surface area (TPSA) is 85.1 Å². The maximum atomic E-state index is 12.8. The van der Waals surface area contributed by atoms with Gasteiger partial charge >= 0.3 is 5.63 Å². The summed E-state index contributed by atoms with van der Waals surface area (Å²) in [6.45, 7) is 8.67. The Bertz CT molecular complexity index is 933. The lowest BCUT2D eigenvalue weighted by Gasteiger charge is -2.43. The molecule has 1 fully saturated rings. The van der Waals surface area contributed by atoms with Crippen LogP contribution in [0.3, 0.4) is 0 Å². The van der Waals surface area contributed by atoms with E-state index in [9.17, 15) is 9.59 Å². The van der Waals surface area contributed by atoms with Crippen LogP contribution in [0.1, 0.15) is 50.9 Å². The third-order valence-electron chi connectivity index (χ3n) is 4.89. The Morgan fingerprint density at radius 1 is 1.22 bits per heavy atom. The lowest BCUT2D eigenvalue weighted by molar-refractivity contribution is -0.787. The first-order valence-corrected chi connectivity index (χ1v) is 9.78. The van der Waals surface area contributed by atoms with Crippen molar-refractivity contribution < 1.29 is 19.3 Å². The molecule has 2 heterocycles. The molecule has 1 amide bonds. The van der Waals surface area contributed by atoms with Gasteiger partial charge in [0, 0.05) is 28.7 Å². The number of carbonyl (C=O) groups is 1. The third-order valence-corrected chi connectivity index (χ3v) is 5.35. The first-order valence-electron chi connectivity index (χ1n) is 8.99. The fourth-order valence-electron chi connectivity index (χ4n) is 4.36. The molecule has 3 rings (SSSR count). The van der Waals surface area contributed by atoms with Crippen LogP contribution in [0.4, 0.5) is 0 Å². The van der Waals surface area contributed by atoms with Crippen LogP contribution in [0.5, 0.6) is 5.75 Å². The van der Waals surface area contributed by atoms with Gasteiger partial charge in [0.15, 0.2) is 11.3 Å². The van der Waals surface area contributed by atoms with Gasteiger partial charge in [-0.2, -0.15) is 0 Å². The molecule has 0 saturated carbocycles. The number of ether oxygens (including phenoxy) is 1. The smallest absolute Gasteiger partial charge is 0.349 e. The first kappa shape index (κ1) is 19.9. The van der Waals surface area contributed by atoms with Crippen molar-refractivity contribution in [3.8, 4) is 5.75 Å². The Morgan fingerprint density at radius 2 is 1.85 bits per heavy atom.